The number of likely N-dealkylation sites (tertiary alicyclic amines) is 1. The average Bonchev–Trinajstić information content (AvgIpc) is 2.41. The molecular formula is C15H19BrN2O3. The van der Waals surface area contributed by atoms with Crippen LogP contribution in [0.1, 0.15) is 19.8 Å². The second kappa shape index (κ2) is 6.58. The van der Waals surface area contributed by atoms with Gasteiger partial charge in [0.25, 0.3) is 0 Å². The summed E-state index contributed by atoms with van der Waals surface area (Å²) >= 11 is 3.38. The number of carboxylic acid groups (broad SMARTS) is 1. The highest BCUT2D eigenvalue weighted by atomic mass is 79.9. The lowest BCUT2D eigenvalue weighted by atomic mass is 9.82. The predicted octanol–water partition coefficient (Wildman–Crippen LogP) is 2.57. The van der Waals surface area contributed by atoms with Gasteiger partial charge in [0, 0.05) is 11.0 Å². The number of hydrogen-bond acceptors (Lipinski definition) is 3. The van der Waals surface area contributed by atoms with Crippen molar-refractivity contribution in [3.8, 4) is 0 Å². The molecule has 1 heterocycles. The molecule has 1 aliphatic rings. The molecule has 1 saturated heterocycles. The van der Waals surface area contributed by atoms with Gasteiger partial charge in [-0.2, -0.15) is 0 Å². The zero-order chi connectivity index (χ0) is 15.5. The fourth-order valence-corrected chi connectivity index (χ4v) is 2.99. The average molecular weight is 355 g/mol. The highest BCUT2D eigenvalue weighted by molar-refractivity contribution is 9.10. The Morgan fingerprint density at radius 2 is 2.14 bits per heavy atom. The van der Waals surface area contributed by atoms with E-state index in [0.29, 0.717) is 13.0 Å². The Labute approximate surface area is 132 Å². The summed E-state index contributed by atoms with van der Waals surface area (Å²) in [5.74, 6) is -0.921. The third-order valence-electron chi connectivity index (χ3n) is 3.81. The first-order chi connectivity index (χ1) is 9.90. The van der Waals surface area contributed by atoms with Gasteiger partial charge < -0.3 is 10.4 Å². The molecule has 21 heavy (non-hydrogen) atoms. The molecule has 2 rings (SSSR count). The summed E-state index contributed by atoms with van der Waals surface area (Å²) in [4.78, 5) is 25.3. The maximum atomic E-state index is 12.1. The van der Waals surface area contributed by atoms with Gasteiger partial charge in [-0.25, -0.2) is 0 Å². The van der Waals surface area contributed by atoms with Crippen LogP contribution in [0, 0.1) is 5.41 Å². The van der Waals surface area contributed by atoms with Crippen molar-refractivity contribution in [2.45, 2.75) is 19.8 Å². The molecule has 1 fully saturated rings. The quantitative estimate of drug-likeness (QED) is 0.871. The number of halogens is 1. The summed E-state index contributed by atoms with van der Waals surface area (Å²) in [6.45, 7) is 3.12. The van der Waals surface area contributed by atoms with Gasteiger partial charge in [-0.05, 0) is 54.4 Å². The summed E-state index contributed by atoms with van der Waals surface area (Å²) < 4.78 is 0.826. The van der Waals surface area contributed by atoms with Crippen LogP contribution in [-0.4, -0.2) is 41.5 Å². The van der Waals surface area contributed by atoms with E-state index >= 15 is 0 Å². The van der Waals surface area contributed by atoms with Crippen molar-refractivity contribution in [1.29, 1.82) is 0 Å². The minimum Gasteiger partial charge on any atom is -0.481 e. The molecule has 0 saturated carbocycles. The van der Waals surface area contributed by atoms with Gasteiger partial charge in [-0.15, -0.1) is 0 Å². The van der Waals surface area contributed by atoms with E-state index in [-0.39, 0.29) is 12.5 Å². The van der Waals surface area contributed by atoms with E-state index in [1.165, 1.54) is 0 Å². The molecule has 0 bridgehead atoms. The number of anilines is 1. The van der Waals surface area contributed by atoms with Crippen LogP contribution in [0.2, 0.25) is 0 Å². The van der Waals surface area contributed by atoms with Crippen LogP contribution >= 0.6 is 15.9 Å². The molecule has 1 unspecified atom stereocenters. The molecule has 1 atom stereocenters. The summed E-state index contributed by atoms with van der Waals surface area (Å²) in [5, 5.41) is 12.1. The number of benzene rings is 1. The number of carbonyl (C=O) groups is 2. The first-order valence-electron chi connectivity index (χ1n) is 6.91. The smallest absolute Gasteiger partial charge is 0.310 e. The predicted molar refractivity (Wildman–Crippen MR) is 84.2 cm³/mol. The number of nitrogens with zero attached hydrogens (tertiary/aromatic N) is 1. The zero-order valence-corrected chi connectivity index (χ0v) is 13.5. The molecule has 1 aliphatic heterocycles. The van der Waals surface area contributed by atoms with Crippen LogP contribution in [0.3, 0.4) is 0 Å². The highest BCUT2D eigenvalue weighted by Crippen LogP contribution is 2.29. The SMILES string of the molecule is CC1(C(=O)O)CCCN(CC(=O)Nc2ccccc2Br)C1. The van der Waals surface area contributed by atoms with Crippen molar-refractivity contribution in [2.75, 3.05) is 25.0 Å². The Kier molecular flexibility index (Phi) is 5.00. The van der Waals surface area contributed by atoms with Gasteiger partial charge in [-0.1, -0.05) is 12.1 Å². The summed E-state index contributed by atoms with van der Waals surface area (Å²) in [5.41, 5.74) is -0.0354. The van der Waals surface area contributed by atoms with E-state index in [1.54, 1.807) is 6.92 Å². The molecule has 5 nitrogen and oxygen atoms in total. The number of piperidine rings is 1. The van der Waals surface area contributed by atoms with E-state index in [4.69, 9.17) is 0 Å². The molecule has 1 aromatic rings. The summed E-state index contributed by atoms with van der Waals surface area (Å²) in [6.07, 6.45) is 1.45. The lowest BCUT2D eigenvalue weighted by Gasteiger charge is -2.37. The minimum absolute atomic E-state index is 0.128. The number of rotatable bonds is 4. The fraction of sp³-hybridized carbons (Fsp3) is 0.467. The maximum absolute atomic E-state index is 12.1. The number of nitrogens with one attached hydrogen (secondary N) is 1. The van der Waals surface area contributed by atoms with Gasteiger partial charge in [0.15, 0.2) is 0 Å². The normalized spacial score (nSPS) is 22.8. The lowest BCUT2D eigenvalue weighted by molar-refractivity contribution is -0.151. The molecule has 2 N–H and O–H groups in total. The molecule has 0 aliphatic carbocycles. The van der Waals surface area contributed by atoms with Crippen LogP contribution in [0.15, 0.2) is 28.7 Å². The molecule has 6 heteroatoms. The van der Waals surface area contributed by atoms with Crippen molar-refractivity contribution in [3.05, 3.63) is 28.7 Å². The van der Waals surface area contributed by atoms with E-state index < -0.39 is 11.4 Å². The number of amides is 1. The van der Waals surface area contributed by atoms with E-state index in [0.717, 1.165) is 23.1 Å². The second-order valence-corrected chi connectivity index (χ2v) is 6.56. The highest BCUT2D eigenvalue weighted by Gasteiger charge is 2.38. The van der Waals surface area contributed by atoms with E-state index in [2.05, 4.69) is 21.2 Å². The van der Waals surface area contributed by atoms with Crippen LogP contribution in [0.25, 0.3) is 0 Å². The third-order valence-corrected chi connectivity index (χ3v) is 4.50. The molecule has 1 amide bonds. The van der Waals surface area contributed by atoms with Crippen molar-refractivity contribution in [3.63, 3.8) is 0 Å². The standard InChI is InChI=1S/C15H19BrN2O3/c1-15(14(20)21)7-4-8-18(10-15)9-13(19)17-12-6-3-2-5-11(12)16/h2-3,5-6H,4,7-10H2,1H3,(H,17,19)(H,20,21). The maximum Gasteiger partial charge on any atom is 0.310 e. The molecule has 0 radical (unpaired) electrons. The van der Waals surface area contributed by atoms with Crippen LogP contribution in [-0.2, 0) is 9.59 Å². The first-order valence-corrected chi connectivity index (χ1v) is 7.70. The van der Waals surface area contributed by atoms with E-state index in [1.807, 2.05) is 29.2 Å². The molecular weight excluding hydrogens is 336 g/mol. The minimum atomic E-state index is -0.793. The number of carboxylic acids is 1. The monoisotopic (exact) mass is 354 g/mol. The molecule has 0 spiro atoms. The van der Waals surface area contributed by atoms with Crippen molar-refractivity contribution < 1.29 is 14.7 Å². The Balaban J connectivity index is 1.94. The van der Waals surface area contributed by atoms with Crippen LogP contribution in [0.4, 0.5) is 5.69 Å². The van der Waals surface area contributed by atoms with E-state index in [9.17, 15) is 14.7 Å². The van der Waals surface area contributed by atoms with Gasteiger partial charge in [-0.3, -0.25) is 14.5 Å². The lowest BCUT2D eigenvalue weighted by Crippen LogP contribution is -2.48. The third kappa shape index (κ3) is 4.04. The summed E-state index contributed by atoms with van der Waals surface area (Å²) in [6, 6.07) is 7.41. The Morgan fingerprint density at radius 3 is 2.81 bits per heavy atom. The number of aliphatic carboxylic acids is 1. The van der Waals surface area contributed by atoms with Gasteiger partial charge in [0.1, 0.15) is 0 Å². The van der Waals surface area contributed by atoms with Crippen molar-refractivity contribution >= 4 is 33.5 Å². The first kappa shape index (κ1) is 16.0. The second-order valence-electron chi connectivity index (χ2n) is 5.71. The Hall–Kier alpha value is -1.40. The Bertz CT molecular complexity index is 549. The van der Waals surface area contributed by atoms with Crippen molar-refractivity contribution in [2.24, 2.45) is 5.41 Å². The van der Waals surface area contributed by atoms with Crippen LogP contribution < -0.4 is 5.32 Å². The van der Waals surface area contributed by atoms with Gasteiger partial charge >= 0.3 is 5.97 Å². The fourth-order valence-electron chi connectivity index (χ4n) is 2.61. The van der Waals surface area contributed by atoms with Crippen molar-refractivity contribution in [1.82, 2.24) is 4.90 Å². The van der Waals surface area contributed by atoms with Gasteiger partial charge in [0.2, 0.25) is 5.91 Å². The number of carbonyl (C=O) groups excluding carboxylic acids is 1. The topological polar surface area (TPSA) is 69.6 Å². The van der Waals surface area contributed by atoms with Gasteiger partial charge in [0.05, 0.1) is 17.6 Å². The molecule has 114 valence electrons. The zero-order valence-electron chi connectivity index (χ0n) is 11.9. The summed E-state index contributed by atoms with van der Waals surface area (Å²) in [7, 11) is 0. The Morgan fingerprint density at radius 1 is 1.43 bits per heavy atom. The number of para-hydroxylation sites is 1. The number of hydrogen-bond donors (Lipinski definition) is 2. The largest absolute Gasteiger partial charge is 0.481 e. The van der Waals surface area contributed by atoms with Crippen LogP contribution in [0.5, 0.6) is 0 Å². The molecule has 0 aromatic heterocycles. The molecule has 1 aromatic carbocycles.